The van der Waals surface area contributed by atoms with Crippen molar-refractivity contribution in [3.8, 4) is 0 Å². The number of quaternary nitrogens is 2. The summed E-state index contributed by atoms with van der Waals surface area (Å²) in [5.41, 5.74) is 0. The van der Waals surface area contributed by atoms with Crippen molar-refractivity contribution in [1.82, 2.24) is 0 Å². The third-order valence-electron chi connectivity index (χ3n) is 7.26. The molecule has 0 aromatic heterocycles. The molecule has 0 radical (unpaired) electrons. The monoisotopic (exact) mass is 555 g/mol. The number of hydrogen-bond donors (Lipinski definition) is 1. The summed E-state index contributed by atoms with van der Waals surface area (Å²) in [6.07, 6.45) is 31.6. The Kier molecular flexibility index (Phi) is 42.9. The summed E-state index contributed by atoms with van der Waals surface area (Å²) in [5.74, 6) is 0. The lowest BCUT2D eigenvalue weighted by Crippen LogP contribution is -3.05. The van der Waals surface area contributed by atoms with Gasteiger partial charge in [-0.2, -0.15) is 0 Å². The van der Waals surface area contributed by atoms with Crippen LogP contribution in [0.25, 0.3) is 0 Å². The van der Waals surface area contributed by atoms with Crippen LogP contribution in [0.1, 0.15) is 162 Å². The molecule has 0 saturated carbocycles. The third-order valence-corrected chi connectivity index (χ3v) is 7.26. The van der Waals surface area contributed by atoms with E-state index in [1.165, 1.54) is 165 Å². The summed E-state index contributed by atoms with van der Waals surface area (Å²) in [6.45, 7) is 10.9. The first kappa shape index (κ1) is 43.5. The molecular formula is C32H72Cl2N2. The standard InChI is InChI=1S/C18H40N.C14H31N.2ClH/c1-5-7-9-10-11-12-13-14-15-16-18-19(3,4)17-8-6-2;1-4-5-6-7-8-9-10-11-12-13-14-15(2)3;;/h5-18H2,1-4H3;4-14H2,1-3H3;2*1H/q+1;;;/p-1. The normalized spacial score (nSPS) is 11.0. The van der Waals surface area contributed by atoms with Crippen LogP contribution < -0.4 is 29.7 Å². The largest absolute Gasteiger partial charge is 1.00 e. The number of halogens is 2. The highest BCUT2D eigenvalue weighted by molar-refractivity contribution is 4.48. The Morgan fingerprint density at radius 3 is 1.00 bits per heavy atom. The fraction of sp³-hybridized carbons (Fsp3) is 1.00. The molecule has 0 spiro atoms. The van der Waals surface area contributed by atoms with Crippen LogP contribution in [-0.2, 0) is 0 Å². The zero-order valence-electron chi connectivity index (χ0n) is 26.4. The number of unbranched alkanes of at least 4 members (excludes halogenated alkanes) is 19. The minimum Gasteiger partial charge on any atom is -1.00 e. The van der Waals surface area contributed by atoms with Crippen molar-refractivity contribution in [3.05, 3.63) is 0 Å². The molecule has 0 aromatic carbocycles. The molecule has 0 aliphatic carbocycles. The maximum absolute atomic E-state index is 2.39. The van der Waals surface area contributed by atoms with Crippen molar-refractivity contribution in [2.24, 2.45) is 0 Å². The molecule has 4 heteroatoms. The van der Waals surface area contributed by atoms with Gasteiger partial charge in [0.05, 0.1) is 47.8 Å². The van der Waals surface area contributed by atoms with E-state index in [1.54, 1.807) is 4.90 Å². The molecule has 0 aliphatic rings. The van der Waals surface area contributed by atoms with Crippen LogP contribution >= 0.6 is 0 Å². The first-order valence-corrected chi connectivity index (χ1v) is 16.0. The lowest BCUT2D eigenvalue weighted by atomic mass is 10.1. The molecule has 2 nitrogen and oxygen atoms in total. The van der Waals surface area contributed by atoms with Gasteiger partial charge in [0, 0.05) is 0 Å². The first-order chi connectivity index (χ1) is 16.4. The van der Waals surface area contributed by atoms with Crippen LogP contribution in [-0.4, -0.2) is 52.3 Å². The molecular weight excluding hydrogens is 483 g/mol. The van der Waals surface area contributed by atoms with E-state index < -0.39 is 0 Å². The second-order valence-electron chi connectivity index (χ2n) is 12.1. The Hall–Kier alpha value is 0.500. The van der Waals surface area contributed by atoms with Crippen molar-refractivity contribution in [2.75, 3.05) is 47.8 Å². The van der Waals surface area contributed by atoms with Gasteiger partial charge in [-0.15, -0.1) is 0 Å². The van der Waals surface area contributed by atoms with E-state index in [0.29, 0.717) is 0 Å². The molecule has 0 saturated heterocycles. The lowest BCUT2D eigenvalue weighted by Gasteiger charge is -2.29. The van der Waals surface area contributed by atoms with Gasteiger partial charge in [0.15, 0.2) is 0 Å². The second-order valence-corrected chi connectivity index (χ2v) is 12.1. The van der Waals surface area contributed by atoms with Gasteiger partial charge < -0.3 is 34.2 Å². The van der Waals surface area contributed by atoms with Crippen LogP contribution in [0.4, 0.5) is 0 Å². The van der Waals surface area contributed by atoms with Gasteiger partial charge in [0.2, 0.25) is 0 Å². The molecule has 0 rings (SSSR count). The van der Waals surface area contributed by atoms with E-state index in [2.05, 4.69) is 49.0 Å². The number of rotatable bonds is 25. The highest BCUT2D eigenvalue weighted by atomic mass is 35.5. The molecule has 36 heavy (non-hydrogen) atoms. The summed E-state index contributed by atoms with van der Waals surface area (Å²) in [5, 5.41) is 0. The van der Waals surface area contributed by atoms with Gasteiger partial charge in [-0.3, -0.25) is 0 Å². The average molecular weight is 556 g/mol. The SMILES string of the molecule is CCCCCCCCCCCC[N+](C)(C)CCCC.CCCCCCCCCCCC[NH+](C)C.[Cl-].[Cl-]. The number of nitrogens with zero attached hydrogens (tertiary/aromatic N) is 1. The predicted octanol–water partition coefficient (Wildman–Crippen LogP) is 2.84. The van der Waals surface area contributed by atoms with Crippen molar-refractivity contribution < 1.29 is 34.2 Å². The molecule has 0 bridgehead atoms. The molecule has 0 aliphatic heterocycles. The van der Waals surface area contributed by atoms with Crippen LogP contribution in [0.3, 0.4) is 0 Å². The summed E-state index contributed by atoms with van der Waals surface area (Å²) >= 11 is 0. The molecule has 1 N–H and O–H groups in total. The van der Waals surface area contributed by atoms with E-state index in [4.69, 9.17) is 0 Å². The fourth-order valence-corrected chi connectivity index (χ4v) is 4.69. The minimum absolute atomic E-state index is 0. The highest BCUT2D eigenvalue weighted by Crippen LogP contribution is 2.12. The van der Waals surface area contributed by atoms with Gasteiger partial charge in [-0.05, 0) is 32.1 Å². The van der Waals surface area contributed by atoms with Crippen LogP contribution in [0.15, 0.2) is 0 Å². The Morgan fingerprint density at radius 1 is 0.389 bits per heavy atom. The van der Waals surface area contributed by atoms with Gasteiger partial charge >= 0.3 is 0 Å². The maximum Gasteiger partial charge on any atom is 0.0782 e. The van der Waals surface area contributed by atoms with E-state index in [-0.39, 0.29) is 24.8 Å². The zero-order valence-corrected chi connectivity index (χ0v) is 27.9. The van der Waals surface area contributed by atoms with Crippen LogP contribution in [0.2, 0.25) is 0 Å². The molecule has 224 valence electrons. The molecule has 0 aromatic rings. The molecule has 0 heterocycles. The lowest BCUT2D eigenvalue weighted by molar-refractivity contribution is -0.890. The van der Waals surface area contributed by atoms with Crippen molar-refractivity contribution in [2.45, 2.75) is 162 Å². The van der Waals surface area contributed by atoms with E-state index >= 15 is 0 Å². The zero-order chi connectivity index (χ0) is 25.8. The maximum atomic E-state index is 2.39. The summed E-state index contributed by atoms with van der Waals surface area (Å²) in [6, 6.07) is 0. The summed E-state index contributed by atoms with van der Waals surface area (Å²) < 4.78 is 1.23. The van der Waals surface area contributed by atoms with Gasteiger partial charge in [0.1, 0.15) is 0 Å². The van der Waals surface area contributed by atoms with E-state index in [9.17, 15) is 0 Å². The second kappa shape index (κ2) is 35.5. The fourth-order valence-electron chi connectivity index (χ4n) is 4.69. The Balaban J connectivity index is -0.000000276. The molecule has 0 unspecified atom stereocenters. The quantitative estimate of drug-likeness (QED) is 0.131. The Labute approximate surface area is 243 Å². The summed E-state index contributed by atoms with van der Waals surface area (Å²) in [4.78, 5) is 1.59. The van der Waals surface area contributed by atoms with Crippen molar-refractivity contribution in [3.63, 3.8) is 0 Å². The average Bonchev–Trinajstić information content (AvgIpc) is 2.80. The first-order valence-electron chi connectivity index (χ1n) is 16.0. The Bertz CT molecular complexity index is 362. The number of hydrogen-bond acceptors (Lipinski definition) is 0. The van der Waals surface area contributed by atoms with Crippen LogP contribution in [0.5, 0.6) is 0 Å². The van der Waals surface area contributed by atoms with Gasteiger partial charge in [0.25, 0.3) is 0 Å². The van der Waals surface area contributed by atoms with E-state index in [1.807, 2.05) is 0 Å². The molecule has 0 amide bonds. The third kappa shape index (κ3) is 41.6. The van der Waals surface area contributed by atoms with E-state index in [0.717, 1.165) is 0 Å². The molecule has 0 atom stereocenters. The summed E-state index contributed by atoms with van der Waals surface area (Å²) in [7, 11) is 9.27. The van der Waals surface area contributed by atoms with Gasteiger partial charge in [-0.1, -0.05) is 130 Å². The van der Waals surface area contributed by atoms with Crippen molar-refractivity contribution in [1.29, 1.82) is 0 Å². The van der Waals surface area contributed by atoms with Crippen LogP contribution in [0, 0.1) is 0 Å². The highest BCUT2D eigenvalue weighted by Gasteiger charge is 2.12. The Morgan fingerprint density at radius 2 is 0.667 bits per heavy atom. The molecule has 0 fully saturated rings. The predicted molar refractivity (Wildman–Crippen MR) is 158 cm³/mol. The minimum atomic E-state index is 0. The van der Waals surface area contributed by atoms with Crippen molar-refractivity contribution >= 4 is 0 Å². The van der Waals surface area contributed by atoms with Gasteiger partial charge in [-0.25, -0.2) is 0 Å². The number of nitrogens with one attached hydrogen (secondary N) is 1. The topological polar surface area (TPSA) is 4.44 Å². The smallest absolute Gasteiger partial charge is 0.0782 e.